The largest absolute Gasteiger partial charge is 0.483 e. The number of benzene rings is 2. The molecule has 5 nitrogen and oxygen atoms in total. The second-order valence-corrected chi connectivity index (χ2v) is 7.81. The summed E-state index contributed by atoms with van der Waals surface area (Å²) in [6, 6.07) is 12.8. The first kappa shape index (κ1) is 21.0. The highest BCUT2D eigenvalue weighted by Gasteiger charge is 2.12. The van der Waals surface area contributed by atoms with Gasteiger partial charge in [0.15, 0.2) is 6.61 Å². The van der Waals surface area contributed by atoms with Gasteiger partial charge < -0.3 is 15.4 Å². The predicted molar refractivity (Wildman–Crippen MR) is 112 cm³/mol. The molecule has 0 unspecified atom stereocenters. The Morgan fingerprint density at radius 1 is 1.00 bits per heavy atom. The molecule has 2 aromatic carbocycles. The lowest BCUT2D eigenvalue weighted by molar-refractivity contribution is -0.119. The van der Waals surface area contributed by atoms with Crippen LogP contribution in [0.4, 0.5) is 11.4 Å². The van der Waals surface area contributed by atoms with E-state index in [4.69, 9.17) is 4.74 Å². The standard InChI is InChI=1S/C21H25BrN2O3/c1-13(2)18-10-15(22)8-9-19(18)27-12-20(25)23-16-6-5-7-17(11-16)24-21(26)14(3)4/h5-11,13-14H,12H2,1-4H3,(H,23,25)(H,24,26). The zero-order chi connectivity index (χ0) is 20.0. The van der Waals surface area contributed by atoms with Crippen LogP contribution in [-0.4, -0.2) is 18.4 Å². The number of carbonyl (C=O) groups is 2. The minimum Gasteiger partial charge on any atom is -0.483 e. The van der Waals surface area contributed by atoms with Crippen LogP contribution in [0.5, 0.6) is 5.75 Å². The molecule has 6 heteroatoms. The first-order valence-corrected chi connectivity index (χ1v) is 9.68. The molecule has 144 valence electrons. The van der Waals surface area contributed by atoms with Gasteiger partial charge in [0, 0.05) is 21.8 Å². The number of anilines is 2. The number of hydrogen-bond acceptors (Lipinski definition) is 3. The third-order valence-corrected chi connectivity index (χ3v) is 4.38. The topological polar surface area (TPSA) is 67.4 Å². The van der Waals surface area contributed by atoms with Crippen molar-refractivity contribution in [3.63, 3.8) is 0 Å². The summed E-state index contributed by atoms with van der Waals surface area (Å²) in [5.41, 5.74) is 2.28. The third kappa shape index (κ3) is 6.40. The van der Waals surface area contributed by atoms with Gasteiger partial charge in [-0.05, 0) is 47.9 Å². The fraction of sp³-hybridized carbons (Fsp3) is 0.333. The van der Waals surface area contributed by atoms with Crippen LogP contribution in [-0.2, 0) is 9.59 Å². The molecule has 0 aliphatic heterocycles. The molecule has 0 spiro atoms. The van der Waals surface area contributed by atoms with E-state index in [1.807, 2.05) is 32.0 Å². The highest BCUT2D eigenvalue weighted by Crippen LogP contribution is 2.29. The lowest BCUT2D eigenvalue weighted by Gasteiger charge is -2.15. The third-order valence-electron chi connectivity index (χ3n) is 3.89. The summed E-state index contributed by atoms with van der Waals surface area (Å²) in [6.45, 7) is 7.71. The van der Waals surface area contributed by atoms with Gasteiger partial charge in [-0.3, -0.25) is 9.59 Å². The van der Waals surface area contributed by atoms with Gasteiger partial charge in [0.2, 0.25) is 5.91 Å². The van der Waals surface area contributed by atoms with Crippen LogP contribution < -0.4 is 15.4 Å². The minimum atomic E-state index is -0.264. The molecule has 0 fully saturated rings. The smallest absolute Gasteiger partial charge is 0.262 e. The number of nitrogens with one attached hydrogen (secondary N) is 2. The number of ether oxygens (including phenoxy) is 1. The molecule has 2 amide bonds. The van der Waals surface area contributed by atoms with Crippen molar-refractivity contribution in [1.29, 1.82) is 0 Å². The molecular formula is C21H25BrN2O3. The SMILES string of the molecule is CC(C)C(=O)Nc1cccc(NC(=O)COc2ccc(Br)cc2C(C)C)c1. The van der Waals surface area contributed by atoms with Crippen LogP contribution in [0.1, 0.15) is 39.2 Å². The van der Waals surface area contributed by atoms with Crippen molar-refractivity contribution in [1.82, 2.24) is 0 Å². The van der Waals surface area contributed by atoms with E-state index in [1.54, 1.807) is 24.3 Å². The van der Waals surface area contributed by atoms with E-state index >= 15 is 0 Å². The minimum absolute atomic E-state index is 0.0711. The molecule has 0 saturated heterocycles. The Kier molecular flexibility index (Phi) is 7.42. The van der Waals surface area contributed by atoms with Crippen LogP contribution in [0.25, 0.3) is 0 Å². The number of halogens is 1. The van der Waals surface area contributed by atoms with Crippen LogP contribution in [0, 0.1) is 5.92 Å². The van der Waals surface area contributed by atoms with E-state index in [-0.39, 0.29) is 30.3 Å². The van der Waals surface area contributed by atoms with Crippen LogP contribution in [0.3, 0.4) is 0 Å². The maximum Gasteiger partial charge on any atom is 0.262 e. The Morgan fingerprint density at radius 3 is 2.30 bits per heavy atom. The summed E-state index contributed by atoms with van der Waals surface area (Å²) >= 11 is 3.46. The van der Waals surface area contributed by atoms with E-state index in [2.05, 4.69) is 40.4 Å². The molecule has 2 aromatic rings. The number of carbonyl (C=O) groups excluding carboxylic acids is 2. The first-order chi connectivity index (χ1) is 12.8. The van der Waals surface area contributed by atoms with E-state index in [0.717, 1.165) is 10.0 Å². The molecule has 27 heavy (non-hydrogen) atoms. The second-order valence-electron chi connectivity index (χ2n) is 6.90. The Hall–Kier alpha value is -2.34. The van der Waals surface area contributed by atoms with Crippen molar-refractivity contribution in [3.05, 3.63) is 52.5 Å². The zero-order valence-electron chi connectivity index (χ0n) is 16.0. The van der Waals surface area contributed by atoms with Crippen LogP contribution in [0.2, 0.25) is 0 Å². The van der Waals surface area contributed by atoms with Gasteiger partial charge in [-0.2, -0.15) is 0 Å². The summed E-state index contributed by atoms with van der Waals surface area (Å²) in [4.78, 5) is 24.0. The molecule has 0 bridgehead atoms. The molecule has 2 rings (SSSR count). The van der Waals surface area contributed by atoms with Crippen LogP contribution >= 0.6 is 15.9 Å². The Balaban J connectivity index is 1.98. The monoisotopic (exact) mass is 432 g/mol. The Morgan fingerprint density at radius 2 is 1.67 bits per heavy atom. The van der Waals surface area contributed by atoms with Gasteiger partial charge in [0.25, 0.3) is 5.91 Å². The maximum atomic E-state index is 12.2. The summed E-state index contributed by atoms with van der Waals surface area (Å²) in [7, 11) is 0. The quantitative estimate of drug-likeness (QED) is 0.632. The van der Waals surface area contributed by atoms with Crippen molar-refractivity contribution in [2.75, 3.05) is 17.2 Å². The summed E-state index contributed by atoms with van der Waals surface area (Å²) < 4.78 is 6.69. The van der Waals surface area contributed by atoms with Gasteiger partial charge >= 0.3 is 0 Å². The molecular weight excluding hydrogens is 408 g/mol. The van der Waals surface area contributed by atoms with E-state index < -0.39 is 0 Å². The molecule has 0 atom stereocenters. The summed E-state index contributed by atoms with van der Waals surface area (Å²) in [5, 5.41) is 5.60. The fourth-order valence-corrected chi connectivity index (χ4v) is 2.78. The summed E-state index contributed by atoms with van der Waals surface area (Å²) in [6.07, 6.45) is 0. The van der Waals surface area contributed by atoms with Gasteiger partial charge in [0.1, 0.15) is 5.75 Å². The summed E-state index contributed by atoms with van der Waals surface area (Å²) in [5.74, 6) is 0.527. The Labute approximate surface area is 168 Å². The van der Waals surface area contributed by atoms with Crippen molar-refractivity contribution in [2.24, 2.45) is 5.92 Å². The van der Waals surface area contributed by atoms with Gasteiger partial charge in [-0.15, -0.1) is 0 Å². The van der Waals surface area contributed by atoms with Crippen molar-refractivity contribution >= 4 is 39.1 Å². The molecule has 2 N–H and O–H groups in total. The number of rotatable bonds is 7. The van der Waals surface area contributed by atoms with Crippen molar-refractivity contribution < 1.29 is 14.3 Å². The second kappa shape index (κ2) is 9.55. The number of amides is 2. The zero-order valence-corrected chi connectivity index (χ0v) is 17.6. The lowest BCUT2D eigenvalue weighted by Crippen LogP contribution is -2.21. The average molecular weight is 433 g/mol. The highest BCUT2D eigenvalue weighted by atomic mass is 79.9. The fourth-order valence-electron chi connectivity index (χ4n) is 2.40. The normalized spacial score (nSPS) is 10.8. The first-order valence-electron chi connectivity index (χ1n) is 8.89. The molecule has 0 aliphatic carbocycles. The van der Waals surface area contributed by atoms with Crippen LogP contribution in [0.15, 0.2) is 46.9 Å². The highest BCUT2D eigenvalue weighted by molar-refractivity contribution is 9.10. The molecule has 0 saturated carbocycles. The average Bonchev–Trinajstić information content (AvgIpc) is 2.60. The van der Waals surface area contributed by atoms with Gasteiger partial charge in [-0.25, -0.2) is 0 Å². The van der Waals surface area contributed by atoms with Crippen molar-refractivity contribution in [3.8, 4) is 5.75 Å². The van der Waals surface area contributed by atoms with E-state index in [1.165, 1.54) is 0 Å². The predicted octanol–water partition coefficient (Wildman–Crippen LogP) is 5.18. The van der Waals surface area contributed by atoms with Gasteiger partial charge in [0.05, 0.1) is 0 Å². The molecule has 0 aliphatic rings. The van der Waals surface area contributed by atoms with Crippen molar-refractivity contribution in [2.45, 2.75) is 33.6 Å². The molecule has 0 aromatic heterocycles. The Bertz CT molecular complexity index is 819. The number of hydrogen-bond donors (Lipinski definition) is 2. The molecule has 0 heterocycles. The van der Waals surface area contributed by atoms with Gasteiger partial charge in [-0.1, -0.05) is 49.7 Å². The van der Waals surface area contributed by atoms with E-state index in [0.29, 0.717) is 17.1 Å². The van der Waals surface area contributed by atoms with E-state index in [9.17, 15) is 9.59 Å². The lowest BCUT2D eigenvalue weighted by atomic mass is 10.0. The maximum absolute atomic E-state index is 12.2. The molecule has 0 radical (unpaired) electrons.